The molecule has 0 amide bonds. The van der Waals surface area contributed by atoms with E-state index in [0.717, 1.165) is 28.8 Å². The van der Waals surface area contributed by atoms with Crippen molar-refractivity contribution in [2.45, 2.75) is 26.4 Å². The Morgan fingerprint density at radius 1 is 1.11 bits per heavy atom. The Morgan fingerprint density at radius 3 is 2.70 bits per heavy atom. The van der Waals surface area contributed by atoms with Crippen LogP contribution >= 0.6 is 0 Å². The average molecular weight is 365 g/mol. The first-order chi connectivity index (χ1) is 13.1. The van der Waals surface area contributed by atoms with Gasteiger partial charge in [0.15, 0.2) is 0 Å². The minimum atomic E-state index is -0.135. The van der Waals surface area contributed by atoms with E-state index in [9.17, 15) is 5.11 Å². The number of phenolic OH excluding ortho intramolecular Hbond substituents is 1. The number of rotatable bonds is 4. The summed E-state index contributed by atoms with van der Waals surface area (Å²) in [5.41, 5.74) is 4.04. The summed E-state index contributed by atoms with van der Waals surface area (Å²) in [6.45, 7) is 6.52. The van der Waals surface area contributed by atoms with Gasteiger partial charge in [0.05, 0.1) is 13.2 Å². The third-order valence-electron chi connectivity index (χ3n) is 5.05. The van der Waals surface area contributed by atoms with E-state index < -0.39 is 0 Å². The van der Waals surface area contributed by atoms with Crippen molar-refractivity contribution in [3.8, 4) is 17.2 Å². The first-order valence-corrected chi connectivity index (χ1v) is 9.11. The van der Waals surface area contributed by atoms with Crippen molar-refractivity contribution in [3.05, 3.63) is 65.0 Å². The van der Waals surface area contributed by atoms with Gasteiger partial charge in [0.25, 0.3) is 0 Å². The molecule has 2 heterocycles. The van der Waals surface area contributed by atoms with E-state index >= 15 is 0 Å². The highest BCUT2D eigenvalue weighted by Crippen LogP contribution is 2.30. The monoisotopic (exact) mass is 365 g/mol. The van der Waals surface area contributed by atoms with Crippen molar-refractivity contribution >= 4 is 0 Å². The molecular weight excluding hydrogens is 342 g/mol. The lowest BCUT2D eigenvalue weighted by molar-refractivity contribution is -0.0224. The third kappa shape index (κ3) is 3.72. The minimum Gasteiger partial charge on any atom is -0.508 e. The molecular formula is C21H23N3O3. The Labute approximate surface area is 158 Å². The second kappa shape index (κ2) is 7.50. The van der Waals surface area contributed by atoms with Crippen LogP contribution in [-0.2, 0) is 11.3 Å². The average Bonchev–Trinajstić information content (AvgIpc) is 3.17. The summed E-state index contributed by atoms with van der Waals surface area (Å²) < 4.78 is 11.6. The number of ether oxygens (including phenoxy) is 1. The van der Waals surface area contributed by atoms with Crippen LogP contribution in [0.3, 0.4) is 0 Å². The Bertz CT molecular complexity index is 924. The number of nitrogens with zero attached hydrogens (tertiary/aromatic N) is 3. The van der Waals surface area contributed by atoms with Crippen molar-refractivity contribution in [2.75, 3.05) is 19.8 Å². The van der Waals surface area contributed by atoms with Crippen molar-refractivity contribution in [2.24, 2.45) is 0 Å². The van der Waals surface area contributed by atoms with Gasteiger partial charge < -0.3 is 14.3 Å². The molecule has 3 aromatic rings. The number of aryl methyl sites for hydroxylation is 2. The molecule has 0 saturated carbocycles. The van der Waals surface area contributed by atoms with Gasteiger partial charge in [-0.05, 0) is 43.2 Å². The fourth-order valence-electron chi connectivity index (χ4n) is 3.33. The quantitative estimate of drug-likeness (QED) is 0.761. The molecule has 1 saturated heterocycles. The van der Waals surface area contributed by atoms with Crippen LogP contribution in [0.2, 0.25) is 0 Å². The molecule has 1 N–H and O–H groups in total. The highest BCUT2D eigenvalue weighted by Gasteiger charge is 2.30. The molecule has 0 radical (unpaired) electrons. The summed E-state index contributed by atoms with van der Waals surface area (Å²) in [5, 5.41) is 18.8. The molecule has 2 aromatic carbocycles. The Kier molecular flexibility index (Phi) is 4.92. The summed E-state index contributed by atoms with van der Waals surface area (Å²) in [6, 6.07) is 13.5. The van der Waals surface area contributed by atoms with Gasteiger partial charge in [-0.3, -0.25) is 4.90 Å². The molecule has 6 heteroatoms. The number of aromatic nitrogens is 2. The van der Waals surface area contributed by atoms with Crippen LogP contribution in [0, 0.1) is 13.8 Å². The lowest BCUT2D eigenvalue weighted by Crippen LogP contribution is -2.39. The van der Waals surface area contributed by atoms with Crippen LogP contribution in [0.4, 0.5) is 0 Å². The number of aromatic hydroxyl groups is 1. The van der Waals surface area contributed by atoms with E-state index in [2.05, 4.69) is 22.0 Å². The Morgan fingerprint density at radius 2 is 1.89 bits per heavy atom. The second-order valence-electron chi connectivity index (χ2n) is 6.94. The predicted molar refractivity (Wildman–Crippen MR) is 101 cm³/mol. The van der Waals surface area contributed by atoms with Crippen LogP contribution in [-0.4, -0.2) is 40.0 Å². The SMILES string of the molecule is Cc1cc(O)c(CN2CCOCC2c2nnc(-c3ccccc3)o2)cc1C. The van der Waals surface area contributed by atoms with Gasteiger partial charge in [-0.2, -0.15) is 0 Å². The molecule has 6 nitrogen and oxygen atoms in total. The van der Waals surface area contributed by atoms with E-state index in [-0.39, 0.29) is 6.04 Å². The summed E-state index contributed by atoms with van der Waals surface area (Å²) in [5.74, 6) is 1.36. The van der Waals surface area contributed by atoms with Crippen molar-refractivity contribution in [3.63, 3.8) is 0 Å². The molecule has 1 fully saturated rings. The van der Waals surface area contributed by atoms with E-state index in [1.807, 2.05) is 49.4 Å². The fraction of sp³-hybridized carbons (Fsp3) is 0.333. The van der Waals surface area contributed by atoms with Gasteiger partial charge in [-0.1, -0.05) is 24.3 Å². The topological polar surface area (TPSA) is 71.6 Å². The largest absolute Gasteiger partial charge is 0.508 e. The number of phenols is 1. The Hall–Kier alpha value is -2.70. The smallest absolute Gasteiger partial charge is 0.247 e. The van der Waals surface area contributed by atoms with Gasteiger partial charge >= 0.3 is 0 Å². The molecule has 1 aliphatic rings. The van der Waals surface area contributed by atoms with Crippen LogP contribution in [0.1, 0.15) is 28.6 Å². The van der Waals surface area contributed by atoms with Gasteiger partial charge in [-0.25, -0.2) is 0 Å². The van der Waals surface area contributed by atoms with Crippen LogP contribution < -0.4 is 0 Å². The maximum Gasteiger partial charge on any atom is 0.247 e. The van der Waals surface area contributed by atoms with Crippen LogP contribution in [0.25, 0.3) is 11.5 Å². The third-order valence-corrected chi connectivity index (χ3v) is 5.05. The van der Waals surface area contributed by atoms with Gasteiger partial charge in [0, 0.05) is 24.2 Å². The zero-order valence-electron chi connectivity index (χ0n) is 15.6. The molecule has 1 aliphatic heterocycles. The molecule has 4 rings (SSSR count). The number of morpholine rings is 1. The van der Waals surface area contributed by atoms with E-state index in [4.69, 9.17) is 9.15 Å². The van der Waals surface area contributed by atoms with Crippen molar-refractivity contribution < 1.29 is 14.3 Å². The zero-order valence-corrected chi connectivity index (χ0v) is 15.6. The summed E-state index contributed by atoms with van der Waals surface area (Å²) in [6.07, 6.45) is 0. The highest BCUT2D eigenvalue weighted by molar-refractivity contribution is 5.51. The number of benzene rings is 2. The number of hydrogen-bond donors (Lipinski definition) is 1. The maximum absolute atomic E-state index is 10.3. The molecule has 1 unspecified atom stereocenters. The zero-order chi connectivity index (χ0) is 18.8. The number of hydrogen-bond acceptors (Lipinski definition) is 6. The fourth-order valence-corrected chi connectivity index (χ4v) is 3.33. The van der Waals surface area contributed by atoms with E-state index in [1.165, 1.54) is 0 Å². The lowest BCUT2D eigenvalue weighted by Gasteiger charge is -2.33. The molecule has 0 spiro atoms. The van der Waals surface area contributed by atoms with E-state index in [0.29, 0.717) is 37.3 Å². The first-order valence-electron chi connectivity index (χ1n) is 9.11. The summed E-state index contributed by atoms with van der Waals surface area (Å²) in [7, 11) is 0. The van der Waals surface area contributed by atoms with Crippen LogP contribution in [0.15, 0.2) is 46.9 Å². The normalized spacial score (nSPS) is 17.9. The second-order valence-corrected chi connectivity index (χ2v) is 6.94. The molecule has 0 aliphatic carbocycles. The minimum absolute atomic E-state index is 0.135. The van der Waals surface area contributed by atoms with Crippen molar-refractivity contribution in [1.29, 1.82) is 0 Å². The Balaban J connectivity index is 1.58. The maximum atomic E-state index is 10.3. The lowest BCUT2D eigenvalue weighted by atomic mass is 10.0. The molecule has 140 valence electrons. The summed E-state index contributed by atoms with van der Waals surface area (Å²) >= 11 is 0. The van der Waals surface area contributed by atoms with E-state index in [1.54, 1.807) is 0 Å². The summed E-state index contributed by atoms with van der Waals surface area (Å²) in [4.78, 5) is 2.22. The van der Waals surface area contributed by atoms with Gasteiger partial charge in [0.2, 0.25) is 11.8 Å². The van der Waals surface area contributed by atoms with Gasteiger partial charge in [-0.15, -0.1) is 10.2 Å². The molecule has 27 heavy (non-hydrogen) atoms. The van der Waals surface area contributed by atoms with Gasteiger partial charge in [0.1, 0.15) is 11.8 Å². The molecule has 0 bridgehead atoms. The predicted octanol–water partition coefficient (Wildman–Crippen LogP) is 3.63. The molecule has 1 atom stereocenters. The van der Waals surface area contributed by atoms with Crippen molar-refractivity contribution in [1.82, 2.24) is 15.1 Å². The first kappa shape index (κ1) is 17.7. The standard InChI is InChI=1S/C21H23N3O3/c1-14-10-17(19(25)11-15(14)2)12-24-8-9-26-13-18(24)21-23-22-20(27-21)16-6-4-3-5-7-16/h3-7,10-11,18,25H,8-9,12-13H2,1-2H3. The molecule has 1 aromatic heterocycles. The van der Waals surface area contributed by atoms with Crippen LogP contribution in [0.5, 0.6) is 5.75 Å². The highest BCUT2D eigenvalue weighted by atomic mass is 16.5.